The predicted molar refractivity (Wildman–Crippen MR) is 75.8 cm³/mol. The molecule has 0 spiro atoms. The zero-order valence-electron chi connectivity index (χ0n) is 12.2. The van der Waals surface area contributed by atoms with Gasteiger partial charge in [0.1, 0.15) is 0 Å². The molecule has 2 unspecified atom stereocenters. The van der Waals surface area contributed by atoms with E-state index in [1.54, 1.807) is 0 Å². The van der Waals surface area contributed by atoms with Crippen molar-refractivity contribution < 1.29 is 9.84 Å². The molecule has 1 aliphatic carbocycles. The number of likely N-dealkylation sites (N-methyl/N-ethyl adjacent to an activating group) is 1. The second kappa shape index (κ2) is 8.89. The molecule has 0 aliphatic heterocycles. The first-order valence-corrected chi connectivity index (χ1v) is 7.74. The fraction of sp³-hybridized carbons (Fsp3) is 1.00. The first kappa shape index (κ1) is 15.9. The van der Waals surface area contributed by atoms with Gasteiger partial charge in [-0.3, -0.25) is 0 Å². The van der Waals surface area contributed by atoms with E-state index in [-0.39, 0.29) is 12.1 Å². The van der Waals surface area contributed by atoms with E-state index in [1.807, 2.05) is 0 Å². The van der Waals surface area contributed by atoms with Gasteiger partial charge >= 0.3 is 0 Å². The average molecular weight is 257 g/mol. The van der Waals surface area contributed by atoms with Crippen LogP contribution >= 0.6 is 0 Å². The van der Waals surface area contributed by atoms with Gasteiger partial charge in [-0.1, -0.05) is 33.1 Å². The van der Waals surface area contributed by atoms with Gasteiger partial charge in [-0.05, 0) is 38.6 Å². The smallest absolute Gasteiger partial charge is 0.0614 e. The Bertz CT molecular complexity index is 207. The third-order valence-electron chi connectivity index (χ3n) is 4.01. The van der Waals surface area contributed by atoms with Gasteiger partial charge in [0, 0.05) is 12.1 Å². The maximum absolute atomic E-state index is 9.61. The topological polar surface area (TPSA) is 41.5 Å². The number of ether oxygens (including phenoxy) is 1. The minimum Gasteiger partial charge on any atom is -0.394 e. The van der Waals surface area contributed by atoms with Crippen molar-refractivity contribution in [2.75, 3.05) is 19.8 Å². The molecule has 0 amide bonds. The van der Waals surface area contributed by atoms with Crippen molar-refractivity contribution in [1.29, 1.82) is 0 Å². The molecule has 2 N–H and O–H groups in total. The zero-order chi connectivity index (χ0) is 13.3. The first-order chi connectivity index (χ1) is 8.76. The molecule has 0 aromatic carbocycles. The van der Waals surface area contributed by atoms with Gasteiger partial charge in [0.25, 0.3) is 0 Å². The molecule has 2 atom stereocenters. The van der Waals surface area contributed by atoms with E-state index in [4.69, 9.17) is 4.74 Å². The van der Waals surface area contributed by atoms with Gasteiger partial charge in [-0.25, -0.2) is 0 Å². The molecule has 1 rings (SSSR count). The van der Waals surface area contributed by atoms with Crippen LogP contribution in [0.5, 0.6) is 0 Å². The van der Waals surface area contributed by atoms with E-state index < -0.39 is 0 Å². The fourth-order valence-corrected chi connectivity index (χ4v) is 2.96. The Morgan fingerprint density at radius 2 is 2.11 bits per heavy atom. The van der Waals surface area contributed by atoms with Crippen LogP contribution in [0.2, 0.25) is 0 Å². The van der Waals surface area contributed by atoms with Gasteiger partial charge in [-0.15, -0.1) is 0 Å². The molecule has 108 valence electrons. The van der Waals surface area contributed by atoms with E-state index >= 15 is 0 Å². The lowest BCUT2D eigenvalue weighted by Crippen LogP contribution is -2.53. The Balaban J connectivity index is 2.25. The van der Waals surface area contributed by atoms with E-state index in [1.165, 1.54) is 25.7 Å². The molecule has 3 heteroatoms. The second-order valence-electron chi connectivity index (χ2n) is 5.62. The number of hydrogen-bond donors (Lipinski definition) is 2. The van der Waals surface area contributed by atoms with Crippen LogP contribution in [0.3, 0.4) is 0 Å². The Morgan fingerprint density at radius 1 is 1.28 bits per heavy atom. The molecule has 1 fully saturated rings. The highest BCUT2D eigenvalue weighted by Crippen LogP contribution is 2.30. The normalized spacial score (nSPS) is 28.5. The third-order valence-corrected chi connectivity index (χ3v) is 4.01. The molecule has 0 heterocycles. The monoisotopic (exact) mass is 257 g/mol. The van der Waals surface area contributed by atoms with Crippen LogP contribution in [0.25, 0.3) is 0 Å². The van der Waals surface area contributed by atoms with E-state index in [2.05, 4.69) is 19.2 Å². The quantitative estimate of drug-likeness (QED) is 0.624. The van der Waals surface area contributed by atoms with Crippen molar-refractivity contribution >= 4 is 0 Å². The van der Waals surface area contributed by atoms with Gasteiger partial charge in [-0.2, -0.15) is 0 Å². The van der Waals surface area contributed by atoms with Crippen molar-refractivity contribution in [3.8, 4) is 0 Å². The number of aliphatic hydroxyl groups is 1. The standard InChI is InChI=1S/C15H31NO2/c1-3-5-6-7-11-18-14-9-8-10-15(12-14,13-17)16-4-2/h14,16-17H,3-13H2,1-2H3. The number of hydrogen-bond acceptors (Lipinski definition) is 3. The Labute approximate surface area is 112 Å². The van der Waals surface area contributed by atoms with Crippen molar-refractivity contribution in [3.05, 3.63) is 0 Å². The molecule has 18 heavy (non-hydrogen) atoms. The molecular formula is C15H31NO2. The van der Waals surface area contributed by atoms with Crippen LogP contribution in [-0.4, -0.2) is 36.5 Å². The zero-order valence-corrected chi connectivity index (χ0v) is 12.2. The molecule has 0 aromatic rings. The summed E-state index contributed by atoms with van der Waals surface area (Å²) in [6.45, 7) is 6.37. The molecule has 1 aliphatic rings. The first-order valence-electron chi connectivity index (χ1n) is 7.74. The lowest BCUT2D eigenvalue weighted by molar-refractivity contribution is -0.0165. The minimum absolute atomic E-state index is 0.0823. The molecule has 0 radical (unpaired) electrons. The third kappa shape index (κ3) is 5.25. The van der Waals surface area contributed by atoms with Gasteiger partial charge in [0.15, 0.2) is 0 Å². The van der Waals surface area contributed by atoms with Crippen molar-refractivity contribution in [3.63, 3.8) is 0 Å². The summed E-state index contributed by atoms with van der Waals surface area (Å²) in [7, 11) is 0. The van der Waals surface area contributed by atoms with Crippen molar-refractivity contribution in [1.82, 2.24) is 5.32 Å². The number of unbranched alkanes of at least 4 members (excludes halogenated alkanes) is 3. The highest BCUT2D eigenvalue weighted by atomic mass is 16.5. The van der Waals surface area contributed by atoms with Gasteiger partial charge < -0.3 is 15.2 Å². The van der Waals surface area contributed by atoms with E-state index in [0.717, 1.165) is 38.8 Å². The summed E-state index contributed by atoms with van der Waals surface area (Å²) in [6, 6.07) is 0. The molecular weight excluding hydrogens is 226 g/mol. The maximum atomic E-state index is 9.61. The van der Waals surface area contributed by atoms with E-state index in [9.17, 15) is 5.11 Å². The summed E-state index contributed by atoms with van der Waals surface area (Å²) < 4.78 is 5.98. The Morgan fingerprint density at radius 3 is 2.78 bits per heavy atom. The summed E-state index contributed by atoms with van der Waals surface area (Å²) in [6.07, 6.45) is 9.74. The largest absolute Gasteiger partial charge is 0.394 e. The average Bonchev–Trinajstić information content (AvgIpc) is 2.39. The Kier molecular flexibility index (Phi) is 7.87. The molecule has 0 bridgehead atoms. The maximum Gasteiger partial charge on any atom is 0.0614 e. The summed E-state index contributed by atoms with van der Waals surface area (Å²) in [5, 5.41) is 13.1. The highest BCUT2D eigenvalue weighted by molar-refractivity contribution is 4.93. The Hall–Kier alpha value is -0.120. The number of nitrogens with one attached hydrogen (secondary N) is 1. The van der Waals surface area contributed by atoms with E-state index in [0.29, 0.717) is 6.10 Å². The highest BCUT2D eigenvalue weighted by Gasteiger charge is 2.35. The van der Waals surface area contributed by atoms with Gasteiger partial charge in [0.05, 0.1) is 12.7 Å². The predicted octanol–water partition coefficient (Wildman–Crippen LogP) is 2.87. The SMILES string of the molecule is CCCCCCOC1CCCC(CO)(NCC)C1. The van der Waals surface area contributed by atoms with Crippen LogP contribution in [0.15, 0.2) is 0 Å². The minimum atomic E-state index is -0.0823. The summed E-state index contributed by atoms with van der Waals surface area (Å²) in [5.74, 6) is 0. The summed E-state index contributed by atoms with van der Waals surface area (Å²) >= 11 is 0. The number of aliphatic hydroxyl groups excluding tert-OH is 1. The molecule has 0 saturated heterocycles. The fourth-order valence-electron chi connectivity index (χ4n) is 2.96. The molecule has 3 nitrogen and oxygen atoms in total. The number of rotatable bonds is 9. The molecule has 1 saturated carbocycles. The lowest BCUT2D eigenvalue weighted by atomic mass is 9.80. The summed E-state index contributed by atoms with van der Waals surface area (Å²) in [5.41, 5.74) is -0.0823. The van der Waals surface area contributed by atoms with Crippen LogP contribution in [-0.2, 0) is 4.74 Å². The lowest BCUT2D eigenvalue weighted by Gasteiger charge is -2.40. The van der Waals surface area contributed by atoms with Crippen molar-refractivity contribution in [2.45, 2.75) is 76.9 Å². The van der Waals surface area contributed by atoms with Crippen LogP contribution < -0.4 is 5.32 Å². The second-order valence-corrected chi connectivity index (χ2v) is 5.62. The van der Waals surface area contributed by atoms with Crippen molar-refractivity contribution in [2.24, 2.45) is 0 Å². The van der Waals surface area contributed by atoms with Crippen LogP contribution in [0.1, 0.15) is 65.2 Å². The van der Waals surface area contributed by atoms with Crippen LogP contribution in [0.4, 0.5) is 0 Å². The van der Waals surface area contributed by atoms with Gasteiger partial charge in [0.2, 0.25) is 0 Å². The van der Waals surface area contributed by atoms with Crippen LogP contribution in [0, 0.1) is 0 Å². The summed E-state index contributed by atoms with van der Waals surface area (Å²) in [4.78, 5) is 0. The molecule has 0 aromatic heterocycles.